The van der Waals surface area contributed by atoms with Crippen LogP contribution >= 0.6 is 0 Å². The molecule has 4 saturated carbocycles. The molecule has 0 saturated heterocycles. The van der Waals surface area contributed by atoms with Gasteiger partial charge in [-0.15, -0.1) is 6.58 Å². The van der Waals surface area contributed by atoms with Crippen molar-refractivity contribution in [3.63, 3.8) is 0 Å². The molecule has 6 nitrogen and oxygen atoms in total. The Morgan fingerprint density at radius 2 is 1.89 bits per heavy atom. The quantitative estimate of drug-likeness (QED) is 0.450. The number of rotatable bonds is 7. The Kier molecular flexibility index (Phi) is 4.66. The number of carbonyl (C=O) groups is 1. The lowest BCUT2D eigenvalue weighted by atomic mass is 9.53. The fourth-order valence-corrected chi connectivity index (χ4v) is 5.87. The van der Waals surface area contributed by atoms with E-state index < -0.39 is 4.92 Å². The van der Waals surface area contributed by atoms with Gasteiger partial charge in [0.05, 0.1) is 4.92 Å². The molecule has 1 amide bonds. The molecule has 27 heavy (non-hydrogen) atoms. The van der Waals surface area contributed by atoms with E-state index in [1.165, 1.54) is 31.4 Å². The summed E-state index contributed by atoms with van der Waals surface area (Å²) in [5.74, 6) is 2.71. The second-order valence-corrected chi connectivity index (χ2v) is 8.58. The van der Waals surface area contributed by atoms with Crippen molar-refractivity contribution in [2.24, 2.45) is 17.8 Å². The summed E-state index contributed by atoms with van der Waals surface area (Å²) in [4.78, 5) is 23.1. The largest absolute Gasteiger partial charge is 0.483 e. The average molecular weight is 370 g/mol. The van der Waals surface area contributed by atoms with E-state index in [0.29, 0.717) is 17.7 Å². The molecule has 5 rings (SSSR count). The molecule has 0 aromatic heterocycles. The van der Waals surface area contributed by atoms with Crippen molar-refractivity contribution in [3.8, 4) is 5.75 Å². The predicted octanol–water partition coefficient (Wildman–Crippen LogP) is 3.79. The number of nitro benzene ring substituents is 1. The number of nitro groups is 1. The number of hydrogen-bond donors (Lipinski definition) is 1. The molecule has 0 aliphatic heterocycles. The van der Waals surface area contributed by atoms with Crippen LogP contribution in [-0.4, -0.2) is 23.0 Å². The molecule has 4 fully saturated rings. The van der Waals surface area contributed by atoms with E-state index in [1.54, 1.807) is 12.1 Å². The monoisotopic (exact) mass is 370 g/mol. The van der Waals surface area contributed by atoms with Crippen molar-refractivity contribution in [2.45, 2.75) is 50.5 Å². The van der Waals surface area contributed by atoms with Gasteiger partial charge in [0.2, 0.25) is 0 Å². The van der Waals surface area contributed by atoms with E-state index in [-0.39, 0.29) is 23.7 Å². The predicted molar refractivity (Wildman–Crippen MR) is 102 cm³/mol. The zero-order valence-corrected chi connectivity index (χ0v) is 15.5. The number of hydrogen-bond acceptors (Lipinski definition) is 4. The Morgan fingerprint density at radius 3 is 2.44 bits per heavy atom. The Labute approximate surface area is 159 Å². The van der Waals surface area contributed by atoms with Crippen LogP contribution in [0.3, 0.4) is 0 Å². The highest BCUT2D eigenvalue weighted by molar-refractivity contribution is 5.78. The summed E-state index contributed by atoms with van der Waals surface area (Å²) in [5.41, 5.74) is 0.647. The number of non-ortho nitro benzene ring substituents is 1. The zero-order valence-electron chi connectivity index (χ0n) is 15.5. The van der Waals surface area contributed by atoms with E-state index in [1.807, 2.05) is 0 Å². The average Bonchev–Trinajstić information content (AvgIpc) is 2.59. The summed E-state index contributed by atoms with van der Waals surface area (Å²) in [7, 11) is 0. The summed E-state index contributed by atoms with van der Waals surface area (Å²) in [6.07, 6.45) is 9.42. The summed E-state index contributed by atoms with van der Waals surface area (Å²) >= 11 is 0. The molecule has 0 atom stereocenters. The molecular formula is C21H26N2O4. The lowest BCUT2D eigenvalue weighted by molar-refractivity contribution is -0.384. The molecule has 4 aliphatic carbocycles. The molecule has 144 valence electrons. The van der Waals surface area contributed by atoms with Gasteiger partial charge in [0.1, 0.15) is 5.75 Å². The van der Waals surface area contributed by atoms with Gasteiger partial charge >= 0.3 is 0 Å². The fraction of sp³-hybridized carbons (Fsp3) is 0.571. The maximum Gasteiger partial charge on any atom is 0.269 e. The summed E-state index contributed by atoms with van der Waals surface area (Å²) in [6.45, 7) is 3.62. The van der Waals surface area contributed by atoms with E-state index in [9.17, 15) is 14.9 Å². The van der Waals surface area contributed by atoms with Crippen molar-refractivity contribution in [1.29, 1.82) is 0 Å². The van der Waals surface area contributed by atoms with Gasteiger partial charge < -0.3 is 10.1 Å². The third kappa shape index (κ3) is 3.70. The lowest BCUT2D eigenvalue weighted by Gasteiger charge is -2.56. The van der Waals surface area contributed by atoms with E-state index >= 15 is 0 Å². The molecule has 1 N–H and O–H groups in total. The van der Waals surface area contributed by atoms with Crippen LogP contribution in [0.15, 0.2) is 30.9 Å². The number of ether oxygens (including phenoxy) is 1. The molecule has 0 unspecified atom stereocenters. The highest BCUT2D eigenvalue weighted by atomic mass is 16.6. The van der Waals surface area contributed by atoms with Crippen LogP contribution in [-0.2, 0) is 11.2 Å². The molecule has 6 heteroatoms. The standard InChI is InChI=1S/C21H26N2O4/c1-2-3-17-9-18(23(25)26)4-5-19(17)27-13-20(24)22-21-10-14-6-15(11-21)8-16(7-14)12-21/h2,4-5,9,14-16H,1,3,6-8,10-13H2,(H,22,24). The summed E-state index contributed by atoms with van der Waals surface area (Å²) in [5, 5.41) is 14.2. The minimum absolute atomic E-state index is 0.0113. The molecule has 4 bridgehead atoms. The fourth-order valence-electron chi connectivity index (χ4n) is 5.87. The summed E-state index contributed by atoms with van der Waals surface area (Å²) < 4.78 is 5.72. The lowest BCUT2D eigenvalue weighted by Crippen LogP contribution is -2.60. The number of carbonyl (C=O) groups excluding carboxylic acids is 1. The Balaban J connectivity index is 1.39. The van der Waals surface area contributed by atoms with Gasteiger partial charge in [-0.2, -0.15) is 0 Å². The number of allylic oxidation sites excluding steroid dienone is 1. The van der Waals surface area contributed by atoms with Crippen LogP contribution < -0.4 is 10.1 Å². The van der Waals surface area contributed by atoms with Crippen LogP contribution in [0.25, 0.3) is 0 Å². The maximum atomic E-state index is 12.6. The molecule has 1 aromatic carbocycles. The molecule has 1 aromatic rings. The van der Waals surface area contributed by atoms with Crippen LogP contribution in [0.1, 0.15) is 44.1 Å². The third-order valence-electron chi connectivity index (χ3n) is 6.42. The van der Waals surface area contributed by atoms with Gasteiger partial charge in [0.25, 0.3) is 11.6 Å². The maximum absolute atomic E-state index is 12.6. The third-order valence-corrected chi connectivity index (χ3v) is 6.42. The van der Waals surface area contributed by atoms with Gasteiger partial charge in [-0.25, -0.2) is 0 Å². The molecule has 4 aliphatic rings. The normalized spacial score (nSPS) is 30.7. The van der Waals surface area contributed by atoms with Gasteiger partial charge in [-0.05, 0) is 68.8 Å². The number of nitrogens with one attached hydrogen (secondary N) is 1. The minimum atomic E-state index is -0.434. The van der Waals surface area contributed by atoms with Crippen molar-refractivity contribution >= 4 is 11.6 Å². The topological polar surface area (TPSA) is 81.5 Å². The van der Waals surface area contributed by atoms with Crippen LogP contribution in [0.5, 0.6) is 5.75 Å². The Morgan fingerprint density at radius 1 is 1.26 bits per heavy atom. The second kappa shape index (κ2) is 6.98. The molecule has 0 heterocycles. The highest BCUT2D eigenvalue weighted by Crippen LogP contribution is 2.55. The Bertz CT molecular complexity index is 738. The van der Waals surface area contributed by atoms with E-state index in [4.69, 9.17) is 4.74 Å². The van der Waals surface area contributed by atoms with Gasteiger partial charge in [-0.3, -0.25) is 14.9 Å². The van der Waals surface area contributed by atoms with Crippen molar-refractivity contribution in [2.75, 3.05) is 6.61 Å². The summed E-state index contributed by atoms with van der Waals surface area (Å²) in [6, 6.07) is 4.45. The van der Waals surface area contributed by atoms with Crippen LogP contribution in [0, 0.1) is 27.9 Å². The first kappa shape index (κ1) is 18.0. The SMILES string of the molecule is C=CCc1cc([N+](=O)[O-])ccc1OCC(=O)NC12CC3CC(CC(C3)C1)C2. The van der Waals surface area contributed by atoms with Crippen molar-refractivity contribution in [1.82, 2.24) is 5.32 Å². The van der Waals surface area contributed by atoms with Crippen molar-refractivity contribution < 1.29 is 14.5 Å². The van der Waals surface area contributed by atoms with E-state index in [0.717, 1.165) is 37.0 Å². The zero-order chi connectivity index (χ0) is 19.0. The van der Waals surface area contributed by atoms with Crippen molar-refractivity contribution in [3.05, 3.63) is 46.5 Å². The highest BCUT2D eigenvalue weighted by Gasteiger charge is 2.51. The number of nitrogens with zero attached hydrogens (tertiary/aromatic N) is 1. The van der Waals surface area contributed by atoms with Crippen LogP contribution in [0.4, 0.5) is 5.69 Å². The van der Waals surface area contributed by atoms with E-state index in [2.05, 4.69) is 11.9 Å². The molecule has 0 spiro atoms. The number of benzene rings is 1. The van der Waals surface area contributed by atoms with Gasteiger partial charge in [0.15, 0.2) is 6.61 Å². The molecular weight excluding hydrogens is 344 g/mol. The van der Waals surface area contributed by atoms with Gasteiger partial charge in [-0.1, -0.05) is 6.08 Å². The second-order valence-electron chi connectivity index (χ2n) is 8.58. The first-order valence-electron chi connectivity index (χ1n) is 9.78. The Hall–Kier alpha value is -2.37. The smallest absolute Gasteiger partial charge is 0.269 e. The first-order valence-corrected chi connectivity index (χ1v) is 9.78. The van der Waals surface area contributed by atoms with Gasteiger partial charge in [0, 0.05) is 23.2 Å². The number of amides is 1. The first-order chi connectivity index (χ1) is 13.0. The molecule has 0 radical (unpaired) electrons. The minimum Gasteiger partial charge on any atom is -0.483 e. The van der Waals surface area contributed by atoms with Crippen LogP contribution in [0.2, 0.25) is 0 Å².